The summed E-state index contributed by atoms with van der Waals surface area (Å²) < 4.78 is 13.9. The Hall–Kier alpha value is -3.68. The van der Waals surface area contributed by atoms with Crippen molar-refractivity contribution in [3.05, 3.63) is 89.3 Å². The van der Waals surface area contributed by atoms with Crippen molar-refractivity contribution in [2.75, 3.05) is 6.54 Å². The average molecular weight is 408 g/mol. The molecular formula is C22H21FN4O3. The third-order valence-electron chi connectivity index (χ3n) is 5.23. The van der Waals surface area contributed by atoms with Crippen LogP contribution < -0.4 is 5.32 Å². The van der Waals surface area contributed by atoms with Crippen LogP contribution in [-0.2, 0) is 17.6 Å². The van der Waals surface area contributed by atoms with E-state index in [2.05, 4.69) is 15.3 Å². The number of carbonyl (C=O) groups excluding carboxylic acids is 1. The van der Waals surface area contributed by atoms with Crippen molar-refractivity contribution in [3.63, 3.8) is 0 Å². The molecule has 4 rings (SSSR count). The molecule has 2 heterocycles. The highest BCUT2D eigenvalue weighted by Gasteiger charge is 2.35. The molecule has 0 bridgehead atoms. The number of halogens is 1. The second-order valence-electron chi connectivity index (χ2n) is 7.20. The Bertz CT molecular complexity index is 1050. The van der Waals surface area contributed by atoms with E-state index in [9.17, 15) is 19.1 Å². The largest absolute Gasteiger partial charge is 0.480 e. The van der Waals surface area contributed by atoms with Crippen LogP contribution in [0, 0.1) is 5.82 Å². The summed E-state index contributed by atoms with van der Waals surface area (Å²) in [7, 11) is 0. The molecule has 0 unspecified atom stereocenters. The van der Waals surface area contributed by atoms with Crippen LogP contribution in [0.1, 0.15) is 28.6 Å². The van der Waals surface area contributed by atoms with Crippen LogP contribution in [0.25, 0.3) is 0 Å². The number of carboxylic acid groups (broad SMARTS) is 1. The number of fused-ring (bicyclic) bond motifs is 1. The van der Waals surface area contributed by atoms with E-state index in [-0.39, 0.29) is 6.42 Å². The zero-order chi connectivity index (χ0) is 21.1. The second-order valence-corrected chi connectivity index (χ2v) is 7.20. The van der Waals surface area contributed by atoms with E-state index >= 15 is 0 Å². The van der Waals surface area contributed by atoms with Gasteiger partial charge in [-0.1, -0.05) is 42.5 Å². The van der Waals surface area contributed by atoms with Crippen molar-refractivity contribution in [1.29, 1.82) is 0 Å². The summed E-state index contributed by atoms with van der Waals surface area (Å²) in [5.74, 6) is -1.53. The number of rotatable bonds is 5. The molecule has 0 saturated carbocycles. The highest BCUT2D eigenvalue weighted by Crippen LogP contribution is 2.33. The maximum Gasteiger partial charge on any atom is 0.326 e. The van der Waals surface area contributed by atoms with Crippen molar-refractivity contribution in [3.8, 4) is 0 Å². The zero-order valence-electron chi connectivity index (χ0n) is 16.1. The first-order valence-electron chi connectivity index (χ1n) is 9.64. The van der Waals surface area contributed by atoms with Gasteiger partial charge < -0.3 is 20.3 Å². The van der Waals surface area contributed by atoms with Gasteiger partial charge in [-0.25, -0.2) is 19.0 Å². The molecular weight excluding hydrogens is 387 g/mol. The van der Waals surface area contributed by atoms with Crippen molar-refractivity contribution in [2.24, 2.45) is 0 Å². The minimum absolute atomic E-state index is 0.161. The van der Waals surface area contributed by atoms with Gasteiger partial charge in [0.25, 0.3) is 0 Å². The highest BCUT2D eigenvalue weighted by molar-refractivity contribution is 5.83. The SMILES string of the molecule is O=C(O)[C@H](Cc1ccccc1)NC(=O)N1CCc2[nH]cnc2[C@H]1c1cccc(F)c1. The lowest BCUT2D eigenvalue weighted by molar-refractivity contribution is -0.139. The van der Waals surface area contributed by atoms with E-state index in [1.165, 1.54) is 17.0 Å². The fourth-order valence-corrected chi connectivity index (χ4v) is 3.79. The number of hydrogen-bond donors (Lipinski definition) is 3. The molecule has 1 aliphatic rings. The minimum Gasteiger partial charge on any atom is -0.480 e. The Morgan fingerprint density at radius 1 is 1.23 bits per heavy atom. The molecule has 8 heteroatoms. The number of aromatic amines is 1. The van der Waals surface area contributed by atoms with E-state index in [1.54, 1.807) is 18.5 Å². The zero-order valence-corrected chi connectivity index (χ0v) is 16.1. The molecule has 154 valence electrons. The Balaban J connectivity index is 1.60. The average Bonchev–Trinajstić information content (AvgIpc) is 3.22. The van der Waals surface area contributed by atoms with Crippen molar-refractivity contribution < 1.29 is 19.1 Å². The lowest BCUT2D eigenvalue weighted by Gasteiger charge is -2.36. The monoisotopic (exact) mass is 408 g/mol. The second kappa shape index (κ2) is 8.36. The summed E-state index contributed by atoms with van der Waals surface area (Å²) >= 11 is 0. The molecule has 2 aromatic carbocycles. The van der Waals surface area contributed by atoms with Crippen LogP contribution in [0.3, 0.4) is 0 Å². The van der Waals surface area contributed by atoms with E-state index in [1.807, 2.05) is 30.3 Å². The molecule has 0 fully saturated rings. The number of aliphatic carboxylic acids is 1. The number of imidazole rings is 1. The van der Waals surface area contributed by atoms with Crippen LogP contribution in [0.5, 0.6) is 0 Å². The molecule has 0 aliphatic carbocycles. The van der Waals surface area contributed by atoms with Gasteiger partial charge in [0.05, 0.1) is 12.0 Å². The summed E-state index contributed by atoms with van der Waals surface area (Å²) in [4.78, 5) is 33.8. The van der Waals surface area contributed by atoms with Crippen molar-refractivity contribution >= 4 is 12.0 Å². The summed E-state index contributed by atoms with van der Waals surface area (Å²) in [6, 6.07) is 12.9. The van der Waals surface area contributed by atoms with Gasteiger partial charge in [-0.15, -0.1) is 0 Å². The third-order valence-corrected chi connectivity index (χ3v) is 5.23. The smallest absolute Gasteiger partial charge is 0.326 e. The molecule has 0 spiro atoms. The molecule has 0 radical (unpaired) electrons. The number of urea groups is 1. The summed E-state index contributed by atoms with van der Waals surface area (Å²) in [6.45, 7) is 0.347. The topological polar surface area (TPSA) is 98.3 Å². The number of amides is 2. The number of benzene rings is 2. The minimum atomic E-state index is -1.12. The van der Waals surface area contributed by atoms with Gasteiger partial charge in [0.15, 0.2) is 0 Å². The Morgan fingerprint density at radius 2 is 2.03 bits per heavy atom. The Labute approximate surface area is 172 Å². The number of aromatic nitrogens is 2. The van der Waals surface area contributed by atoms with Crippen molar-refractivity contribution in [1.82, 2.24) is 20.2 Å². The van der Waals surface area contributed by atoms with Crippen LogP contribution >= 0.6 is 0 Å². The maximum absolute atomic E-state index is 13.9. The molecule has 3 N–H and O–H groups in total. The highest BCUT2D eigenvalue weighted by atomic mass is 19.1. The fourth-order valence-electron chi connectivity index (χ4n) is 3.79. The molecule has 30 heavy (non-hydrogen) atoms. The van der Waals surface area contributed by atoms with Crippen LogP contribution in [-0.4, -0.2) is 44.6 Å². The Morgan fingerprint density at radius 3 is 2.77 bits per heavy atom. The lowest BCUT2D eigenvalue weighted by atomic mass is 9.96. The van der Waals surface area contributed by atoms with Gasteiger partial charge in [-0.3, -0.25) is 0 Å². The number of H-pyrrole nitrogens is 1. The molecule has 1 aromatic heterocycles. The number of nitrogens with zero attached hydrogens (tertiary/aromatic N) is 2. The van der Waals surface area contributed by atoms with Crippen molar-refractivity contribution in [2.45, 2.75) is 24.9 Å². The predicted molar refractivity (Wildman–Crippen MR) is 107 cm³/mol. The third kappa shape index (κ3) is 4.03. The van der Waals surface area contributed by atoms with Gasteiger partial charge in [-0.05, 0) is 23.3 Å². The summed E-state index contributed by atoms with van der Waals surface area (Å²) in [6.07, 6.45) is 2.26. The molecule has 2 amide bonds. The van der Waals surface area contributed by atoms with E-state index < -0.39 is 29.9 Å². The van der Waals surface area contributed by atoms with Gasteiger partial charge >= 0.3 is 12.0 Å². The van der Waals surface area contributed by atoms with Crippen LogP contribution in [0.4, 0.5) is 9.18 Å². The van der Waals surface area contributed by atoms with Crippen LogP contribution in [0.2, 0.25) is 0 Å². The quantitative estimate of drug-likeness (QED) is 0.605. The molecule has 2 atom stereocenters. The predicted octanol–water partition coefficient (Wildman–Crippen LogP) is 2.90. The van der Waals surface area contributed by atoms with Gasteiger partial charge in [0.2, 0.25) is 0 Å². The molecule has 1 aliphatic heterocycles. The van der Waals surface area contributed by atoms with Gasteiger partial charge in [0.1, 0.15) is 17.9 Å². The lowest BCUT2D eigenvalue weighted by Crippen LogP contribution is -2.51. The summed E-state index contributed by atoms with van der Waals surface area (Å²) in [5, 5.41) is 12.3. The molecule has 0 saturated heterocycles. The normalized spacial score (nSPS) is 16.6. The first-order valence-corrected chi connectivity index (χ1v) is 9.64. The van der Waals surface area contributed by atoms with Gasteiger partial charge in [0, 0.05) is 25.1 Å². The number of carbonyl (C=O) groups is 2. The van der Waals surface area contributed by atoms with Gasteiger partial charge in [-0.2, -0.15) is 0 Å². The fraction of sp³-hybridized carbons (Fsp3) is 0.227. The number of hydrogen-bond acceptors (Lipinski definition) is 3. The van der Waals surface area contributed by atoms with E-state index in [0.29, 0.717) is 24.2 Å². The number of carboxylic acids is 1. The molecule has 7 nitrogen and oxygen atoms in total. The first kappa shape index (κ1) is 19.6. The molecule has 3 aromatic rings. The van der Waals surface area contributed by atoms with E-state index in [0.717, 1.165) is 11.3 Å². The van der Waals surface area contributed by atoms with Crippen LogP contribution in [0.15, 0.2) is 60.9 Å². The Kier molecular flexibility index (Phi) is 5.47. The van der Waals surface area contributed by atoms with E-state index in [4.69, 9.17) is 0 Å². The summed E-state index contributed by atoms with van der Waals surface area (Å²) in [5.41, 5.74) is 2.90. The maximum atomic E-state index is 13.9. The first-order chi connectivity index (χ1) is 14.5. The number of nitrogens with one attached hydrogen (secondary N) is 2. The standard InChI is InChI=1S/C22H21FN4O3/c23-16-8-4-7-15(12-16)20-19-17(24-13-25-19)9-10-27(20)22(30)26-18(21(28)29)11-14-5-2-1-3-6-14/h1-8,12-13,18,20H,9-11H2,(H,24,25)(H,26,30)(H,28,29)/t18-,20+/m0/s1.